The molecular formula is C23H19F2N3O2. The average molecular weight is 407 g/mol. The number of amides is 2. The zero-order chi connectivity index (χ0) is 21.3. The summed E-state index contributed by atoms with van der Waals surface area (Å²) in [6.07, 6.45) is 1.69. The third kappa shape index (κ3) is 4.10. The maximum absolute atomic E-state index is 13.3. The number of carbonyl (C=O) groups is 1. The van der Waals surface area contributed by atoms with E-state index in [0.29, 0.717) is 11.4 Å². The molecule has 5 nitrogen and oxygen atoms in total. The highest BCUT2D eigenvalue weighted by Crippen LogP contribution is 2.30. The highest BCUT2D eigenvalue weighted by molar-refractivity contribution is 6.06. The molecule has 30 heavy (non-hydrogen) atoms. The molecule has 0 aliphatic heterocycles. The van der Waals surface area contributed by atoms with Crippen molar-refractivity contribution in [1.29, 1.82) is 0 Å². The van der Waals surface area contributed by atoms with E-state index >= 15 is 0 Å². The Bertz CT molecular complexity index is 1190. The zero-order valence-corrected chi connectivity index (χ0v) is 16.0. The standard InChI is InChI=1S/C23H19F2N3O2/c1-23(24,25)16-5-7-17(8-6-16)27-22(30)28-21-13-26-20-11-4-15(12-19(20)21)14-2-9-18(29)10-3-14/h2-13,26,29H,1H3,(H2,27,28,30). The van der Waals surface area contributed by atoms with Crippen LogP contribution in [0.4, 0.5) is 25.0 Å². The van der Waals surface area contributed by atoms with Gasteiger partial charge in [0.05, 0.1) is 5.69 Å². The van der Waals surface area contributed by atoms with E-state index in [1.54, 1.807) is 18.3 Å². The minimum atomic E-state index is -2.93. The maximum Gasteiger partial charge on any atom is 0.323 e. The summed E-state index contributed by atoms with van der Waals surface area (Å²) in [5.41, 5.74) is 3.58. The number of phenols is 1. The molecule has 4 aromatic rings. The van der Waals surface area contributed by atoms with Gasteiger partial charge in [-0.1, -0.05) is 30.3 Å². The Kier molecular flexibility index (Phi) is 4.87. The Balaban J connectivity index is 1.52. The largest absolute Gasteiger partial charge is 0.508 e. The SMILES string of the molecule is CC(F)(F)c1ccc(NC(=O)Nc2c[nH]c3ccc(-c4ccc(O)cc4)cc23)cc1. The summed E-state index contributed by atoms with van der Waals surface area (Å²) in [4.78, 5) is 15.5. The number of aromatic amines is 1. The van der Waals surface area contributed by atoms with Crippen molar-refractivity contribution in [1.82, 2.24) is 4.98 Å². The second-order valence-electron chi connectivity index (χ2n) is 7.05. The lowest BCUT2D eigenvalue weighted by molar-refractivity contribution is 0.0175. The van der Waals surface area contributed by atoms with Crippen LogP contribution in [0.5, 0.6) is 5.75 Å². The van der Waals surface area contributed by atoms with Crippen molar-refractivity contribution >= 4 is 28.3 Å². The van der Waals surface area contributed by atoms with Gasteiger partial charge in [0.25, 0.3) is 5.92 Å². The van der Waals surface area contributed by atoms with Crippen LogP contribution in [-0.2, 0) is 5.92 Å². The number of H-pyrrole nitrogens is 1. The van der Waals surface area contributed by atoms with E-state index < -0.39 is 12.0 Å². The zero-order valence-electron chi connectivity index (χ0n) is 16.0. The van der Waals surface area contributed by atoms with Crippen molar-refractivity contribution in [2.24, 2.45) is 0 Å². The molecule has 0 saturated carbocycles. The molecule has 7 heteroatoms. The van der Waals surface area contributed by atoms with E-state index in [1.807, 2.05) is 30.3 Å². The van der Waals surface area contributed by atoms with E-state index in [0.717, 1.165) is 29.0 Å². The van der Waals surface area contributed by atoms with Crippen molar-refractivity contribution in [2.45, 2.75) is 12.8 Å². The number of hydrogen-bond acceptors (Lipinski definition) is 2. The van der Waals surface area contributed by atoms with Crippen molar-refractivity contribution < 1.29 is 18.7 Å². The van der Waals surface area contributed by atoms with Gasteiger partial charge in [0.15, 0.2) is 0 Å². The van der Waals surface area contributed by atoms with Crippen molar-refractivity contribution in [3.05, 3.63) is 78.5 Å². The number of urea groups is 1. The molecule has 152 valence electrons. The number of anilines is 2. The molecule has 0 fully saturated rings. The summed E-state index contributed by atoms with van der Waals surface area (Å²) in [7, 11) is 0. The number of alkyl halides is 2. The number of benzene rings is 3. The second-order valence-corrected chi connectivity index (χ2v) is 7.05. The van der Waals surface area contributed by atoms with Gasteiger partial charge in [0.2, 0.25) is 0 Å². The first kappa shape index (κ1) is 19.4. The summed E-state index contributed by atoms with van der Waals surface area (Å²) >= 11 is 0. The number of carbonyl (C=O) groups excluding carboxylic acids is 1. The minimum Gasteiger partial charge on any atom is -0.508 e. The predicted molar refractivity (Wildman–Crippen MR) is 114 cm³/mol. The Hall–Kier alpha value is -3.87. The van der Waals surface area contributed by atoms with Crippen LogP contribution in [0.3, 0.4) is 0 Å². The van der Waals surface area contributed by atoms with E-state index in [-0.39, 0.29) is 11.3 Å². The molecule has 4 rings (SSSR count). The fourth-order valence-electron chi connectivity index (χ4n) is 3.19. The minimum absolute atomic E-state index is 0.119. The number of aromatic nitrogens is 1. The van der Waals surface area contributed by atoms with Gasteiger partial charge in [-0.2, -0.15) is 0 Å². The molecule has 0 saturated heterocycles. The van der Waals surface area contributed by atoms with Crippen LogP contribution in [0.25, 0.3) is 22.0 Å². The van der Waals surface area contributed by atoms with Gasteiger partial charge < -0.3 is 20.7 Å². The van der Waals surface area contributed by atoms with E-state index in [9.17, 15) is 18.7 Å². The van der Waals surface area contributed by atoms with Crippen LogP contribution in [0.1, 0.15) is 12.5 Å². The third-order valence-electron chi connectivity index (χ3n) is 4.78. The fourth-order valence-corrected chi connectivity index (χ4v) is 3.19. The molecule has 1 heterocycles. The summed E-state index contributed by atoms with van der Waals surface area (Å²) in [5.74, 6) is -2.74. The normalized spacial score (nSPS) is 11.4. The lowest BCUT2D eigenvalue weighted by atomic mass is 10.0. The highest BCUT2D eigenvalue weighted by atomic mass is 19.3. The van der Waals surface area contributed by atoms with Gasteiger partial charge in [0.1, 0.15) is 5.75 Å². The summed E-state index contributed by atoms with van der Waals surface area (Å²) < 4.78 is 26.6. The van der Waals surface area contributed by atoms with Crippen LogP contribution in [0, 0.1) is 0 Å². The maximum atomic E-state index is 13.3. The molecule has 0 radical (unpaired) electrons. The number of halogens is 2. The predicted octanol–water partition coefficient (Wildman–Crippen LogP) is 6.30. The monoisotopic (exact) mass is 407 g/mol. The number of fused-ring (bicyclic) bond motifs is 1. The van der Waals surface area contributed by atoms with Crippen LogP contribution in [-0.4, -0.2) is 16.1 Å². The van der Waals surface area contributed by atoms with Gasteiger partial charge in [-0.05, 0) is 47.5 Å². The van der Waals surface area contributed by atoms with Crippen molar-refractivity contribution in [2.75, 3.05) is 10.6 Å². The van der Waals surface area contributed by atoms with E-state index in [2.05, 4.69) is 15.6 Å². The molecular weight excluding hydrogens is 388 g/mol. The van der Waals surface area contributed by atoms with Gasteiger partial charge in [-0.3, -0.25) is 0 Å². The van der Waals surface area contributed by atoms with Gasteiger partial charge >= 0.3 is 6.03 Å². The first-order chi connectivity index (χ1) is 14.3. The van der Waals surface area contributed by atoms with E-state index in [4.69, 9.17) is 0 Å². The number of hydrogen-bond donors (Lipinski definition) is 4. The van der Waals surface area contributed by atoms with Gasteiger partial charge in [0, 0.05) is 35.3 Å². The molecule has 0 aliphatic rings. The molecule has 4 N–H and O–H groups in total. The molecule has 1 aromatic heterocycles. The molecule has 3 aromatic carbocycles. The molecule has 0 aliphatic carbocycles. The lowest BCUT2D eigenvalue weighted by Crippen LogP contribution is -2.19. The van der Waals surface area contributed by atoms with Gasteiger partial charge in [-0.15, -0.1) is 0 Å². The first-order valence-electron chi connectivity index (χ1n) is 9.26. The summed E-state index contributed by atoms with van der Waals surface area (Å²) in [5, 5.41) is 15.7. The number of nitrogens with one attached hydrogen (secondary N) is 3. The smallest absolute Gasteiger partial charge is 0.323 e. The van der Waals surface area contributed by atoms with E-state index in [1.165, 1.54) is 24.3 Å². The van der Waals surface area contributed by atoms with Crippen molar-refractivity contribution in [3.8, 4) is 16.9 Å². The quantitative estimate of drug-likeness (QED) is 0.321. The summed E-state index contributed by atoms with van der Waals surface area (Å²) in [6, 6.07) is 17.6. The molecule has 0 bridgehead atoms. The topological polar surface area (TPSA) is 77.2 Å². The molecule has 0 unspecified atom stereocenters. The van der Waals surface area contributed by atoms with Crippen LogP contribution >= 0.6 is 0 Å². The first-order valence-corrected chi connectivity index (χ1v) is 9.26. The summed E-state index contributed by atoms with van der Waals surface area (Å²) in [6.45, 7) is 0.825. The number of phenolic OH excluding ortho intramolecular Hbond substituents is 1. The molecule has 0 spiro atoms. The Morgan fingerprint density at radius 1 is 0.933 bits per heavy atom. The van der Waals surface area contributed by atoms with Crippen molar-refractivity contribution in [3.63, 3.8) is 0 Å². The Labute approximate surface area is 171 Å². The number of aromatic hydroxyl groups is 1. The average Bonchev–Trinajstić information content (AvgIpc) is 3.10. The fraction of sp³-hybridized carbons (Fsp3) is 0.0870. The Morgan fingerprint density at radius 3 is 2.27 bits per heavy atom. The third-order valence-corrected chi connectivity index (χ3v) is 4.78. The van der Waals surface area contributed by atoms with Gasteiger partial charge in [-0.25, -0.2) is 13.6 Å². The van der Waals surface area contributed by atoms with Crippen LogP contribution < -0.4 is 10.6 Å². The second kappa shape index (κ2) is 7.51. The molecule has 0 atom stereocenters. The Morgan fingerprint density at radius 2 is 1.60 bits per heavy atom. The lowest BCUT2D eigenvalue weighted by Gasteiger charge is -2.12. The number of rotatable bonds is 4. The van der Waals surface area contributed by atoms with Crippen LogP contribution in [0.2, 0.25) is 0 Å². The molecule has 2 amide bonds. The van der Waals surface area contributed by atoms with Crippen LogP contribution in [0.15, 0.2) is 72.9 Å². The highest BCUT2D eigenvalue weighted by Gasteiger charge is 2.23.